The Morgan fingerprint density at radius 3 is 2.52 bits per heavy atom. The van der Waals surface area contributed by atoms with Crippen LogP contribution in [0.1, 0.15) is 11.1 Å². The molecule has 0 bridgehead atoms. The number of aromatic nitrogens is 2. The van der Waals surface area contributed by atoms with Crippen LogP contribution < -0.4 is 10.9 Å². The molecule has 0 saturated carbocycles. The largest absolute Gasteiger partial charge is 0.325 e. The maximum Gasteiger partial charge on any atom is 0.269 e. The summed E-state index contributed by atoms with van der Waals surface area (Å²) in [4.78, 5) is 41.1. The number of anilines is 1. The van der Waals surface area contributed by atoms with Gasteiger partial charge in [-0.2, -0.15) is 0 Å². The minimum atomic E-state index is -0.481. The zero-order chi connectivity index (χ0) is 23.5. The molecule has 0 spiro atoms. The van der Waals surface area contributed by atoms with E-state index in [9.17, 15) is 19.7 Å². The number of non-ortho nitro benzene ring substituents is 1. The smallest absolute Gasteiger partial charge is 0.269 e. The highest BCUT2D eigenvalue weighted by molar-refractivity contribution is 7.99. The molecule has 33 heavy (non-hydrogen) atoms. The molecule has 0 unspecified atom stereocenters. The van der Waals surface area contributed by atoms with Gasteiger partial charge in [-0.3, -0.25) is 24.3 Å². The Balaban J connectivity index is 1.64. The van der Waals surface area contributed by atoms with Crippen LogP contribution in [0, 0.1) is 24.0 Å². The van der Waals surface area contributed by atoms with E-state index < -0.39 is 4.92 Å². The lowest BCUT2D eigenvalue weighted by atomic mass is 10.2. The maximum absolute atomic E-state index is 13.3. The molecule has 0 atom stereocenters. The number of nitrogens with one attached hydrogen (secondary N) is 1. The summed E-state index contributed by atoms with van der Waals surface area (Å²) in [5.41, 5.74) is 3.00. The molecule has 8 nitrogen and oxygen atoms in total. The highest BCUT2D eigenvalue weighted by Crippen LogP contribution is 2.25. The van der Waals surface area contributed by atoms with Gasteiger partial charge in [0.1, 0.15) is 0 Å². The molecule has 0 aliphatic heterocycles. The first-order chi connectivity index (χ1) is 15.8. The van der Waals surface area contributed by atoms with Gasteiger partial charge in [-0.1, -0.05) is 42.1 Å². The molecular formula is C24H20N4O4S. The lowest BCUT2D eigenvalue weighted by molar-refractivity contribution is -0.384. The number of rotatable bonds is 6. The number of carbonyl (C=O) groups excluding carboxylic acids is 1. The first kappa shape index (κ1) is 22.2. The predicted molar refractivity (Wildman–Crippen MR) is 129 cm³/mol. The summed E-state index contributed by atoms with van der Waals surface area (Å²) >= 11 is 1.15. The molecule has 1 aromatic heterocycles. The second kappa shape index (κ2) is 9.25. The van der Waals surface area contributed by atoms with Gasteiger partial charge in [0.25, 0.3) is 11.2 Å². The van der Waals surface area contributed by atoms with E-state index in [1.54, 1.807) is 25.1 Å². The van der Waals surface area contributed by atoms with E-state index in [2.05, 4.69) is 10.3 Å². The molecule has 9 heteroatoms. The van der Waals surface area contributed by atoms with Crippen molar-refractivity contribution in [3.63, 3.8) is 0 Å². The molecular weight excluding hydrogens is 440 g/mol. The Kier molecular flexibility index (Phi) is 6.23. The van der Waals surface area contributed by atoms with Crippen LogP contribution in [0.5, 0.6) is 0 Å². The fourth-order valence-corrected chi connectivity index (χ4v) is 4.26. The Morgan fingerprint density at radius 1 is 1.06 bits per heavy atom. The fraction of sp³-hybridized carbons (Fsp3) is 0.125. The summed E-state index contributed by atoms with van der Waals surface area (Å²) in [6.45, 7) is 3.60. The topological polar surface area (TPSA) is 107 Å². The predicted octanol–water partition coefficient (Wildman–Crippen LogP) is 4.64. The Morgan fingerprint density at radius 2 is 1.79 bits per heavy atom. The number of aryl methyl sites for hydroxylation is 2. The van der Waals surface area contributed by atoms with Crippen LogP contribution in [0.15, 0.2) is 76.7 Å². The summed E-state index contributed by atoms with van der Waals surface area (Å²) < 4.78 is 1.53. The average molecular weight is 461 g/mol. The van der Waals surface area contributed by atoms with Crippen LogP contribution in [-0.4, -0.2) is 26.1 Å². The molecule has 4 aromatic rings. The summed E-state index contributed by atoms with van der Waals surface area (Å²) in [6.07, 6.45) is 0. The van der Waals surface area contributed by atoms with Gasteiger partial charge >= 0.3 is 0 Å². The number of para-hydroxylation sites is 2. The van der Waals surface area contributed by atoms with E-state index >= 15 is 0 Å². The molecule has 0 fully saturated rings. The van der Waals surface area contributed by atoms with Crippen molar-refractivity contribution in [2.75, 3.05) is 11.1 Å². The number of fused-ring (bicyclic) bond motifs is 1. The van der Waals surface area contributed by atoms with Gasteiger partial charge in [-0.05, 0) is 49.2 Å². The molecule has 0 aliphatic carbocycles. The van der Waals surface area contributed by atoms with Crippen LogP contribution in [0.3, 0.4) is 0 Å². The molecule has 1 heterocycles. The zero-order valence-corrected chi connectivity index (χ0v) is 18.8. The van der Waals surface area contributed by atoms with Gasteiger partial charge in [0, 0.05) is 17.8 Å². The van der Waals surface area contributed by atoms with Crippen molar-refractivity contribution < 1.29 is 9.72 Å². The number of hydrogen-bond donors (Lipinski definition) is 1. The third-order valence-electron chi connectivity index (χ3n) is 5.13. The normalized spacial score (nSPS) is 10.8. The van der Waals surface area contributed by atoms with Crippen LogP contribution >= 0.6 is 11.8 Å². The van der Waals surface area contributed by atoms with Crippen LogP contribution in [-0.2, 0) is 4.79 Å². The Hall–Kier alpha value is -3.98. The highest BCUT2D eigenvalue weighted by Gasteiger charge is 2.16. The van der Waals surface area contributed by atoms with Crippen molar-refractivity contribution >= 4 is 39.9 Å². The second-order valence-corrected chi connectivity index (χ2v) is 8.37. The van der Waals surface area contributed by atoms with Crippen molar-refractivity contribution in [2.45, 2.75) is 19.0 Å². The van der Waals surface area contributed by atoms with Crippen molar-refractivity contribution in [1.82, 2.24) is 9.55 Å². The van der Waals surface area contributed by atoms with Crippen molar-refractivity contribution in [3.05, 3.63) is 98.3 Å². The average Bonchev–Trinajstić information content (AvgIpc) is 2.80. The fourth-order valence-electron chi connectivity index (χ4n) is 3.45. The number of hydrogen-bond acceptors (Lipinski definition) is 6. The van der Waals surface area contributed by atoms with Crippen molar-refractivity contribution in [1.29, 1.82) is 0 Å². The monoisotopic (exact) mass is 460 g/mol. The molecule has 0 aliphatic rings. The third kappa shape index (κ3) is 4.63. The van der Waals surface area contributed by atoms with E-state index in [-0.39, 0.29) is 22.9 Å². The summed E-state index contributed by atoms with van der Waals surface area (Å²) in [5.74, 6) is -0.303. The number of thioether (sulfide) groups is 1. The number of carbonyl (C=O) groups is 1. The minimum Gasteiger partial charge on any atom is -0.325 e. The molecule has 0 radical (unpaired) electrons. The SMILES string of the molecule is Cc1cc([N+](=O)[O-])ccc1NC(=O)CSc1nc2ccccc2c(=O)n1-c1ccccc1C. The lowest BCUT2D eigenvalue weighted by Gasteiger charge is -2.15. The maximum atomic E-state index is 13.3. The molecule has 4 rings (SSSR count). The minimum absolute atomic E-state index is 0.00703. The van der Waals surface area contributed by atoms with Crippen LogP contribution in [0.25, 0.3) is 16.6 Å². The Bertz CT molecular complexity index is 1450. The molecule has 0 saturated heterocycles. The van der Waals surface area contributed by atoms with E-state index in [1.807, 2.05) is 37.3 Å². The highest BCUT2D eigenvalue weighted by atomic mass is 32.2. The van der Waals surface area contributed by atoms with Gasteiger partial charge < -0.3 is 5.32 Å². The van der Waals surface area contributed by atoms with Crippen LogP contribution in [0.4, 0.5) is 11.4 Å². The third-order valence-corrected chi connectivity index (χ3v) is 6.07. The summed E-state index contributed by atoms with van der Waals surface area (Å²) in [5, 5.41) is 14.6. The summed E-state index contributed by atoms with van der Waals surface area (Å²) in [6, 6.07) is 18.9. The van der Waals surface area contributed by atoms with E-state index in [1.165, 1.54) is 22.8 Å². The lowest BCUT2D eigenvalue weighted by Crippen LogP contribution is -2.23. The first-order valence-corrected chi connectivity index (χ1v) is 11.1. The van der Waals surface area contributed by atoms with Crippen molar-refractivity contribution in [2.24, 2.45) is 0 Å². The van der Waals surface area contributed by atoms with Gasteiger partial charge in [0.05, 0.1) is 27.3 Å². The number of amides is 1. The van der Waals surface area contributed by atoms with Gasteiger partial charge in [-0.25, -0.2) is 4.98 Å². The molecule has 3 aromatic carbocycles. The number of nitro benzene ring substituents is 1. The number of nitro groups is 1. The van der Waals surface area contributed by atoms with E-state index in [0.717, 1.165) is 17.3 Å². The van der Waals surface area contributed by atoms with Gasteiger partial charge in [0.15, 0.2) is 5.16 Å². The second-order valence-electron chi connectivity index (χ2n) is 7.43. The van der Waals surface area contributed by atoms with Gasteiger partial charge in [0.2, 0.25) is 5.91 Å². The van der Waals surface area contributed by atoms with E-state index in [4.69, 9.17) is 0 Å². The summed E-state index contributed by atoms with van der Waals surface area (Å²) in [7, 11) is 0. The Labute approximate surface area is 193 Å². The van der Waals surface area contributed by atoms with Crippen LogP contribution in [0.2, 0.25) is 0 Å². The quantitative estimate of drug-likeness (QED) is 0.194. The standard InChI is InChI=1S/C24H20N4O4S/c1-15-7-3-6-10-21(15)27-23(30)18-8-4-5-9-20(18)26-24(27)33-14-22(29)25-19-12-11-17(28(31)32)13-16(19)2/h3-13H,14H2,1-2H3,(H,25,29). The van der Waals surface area contributed by atoms with Gasteiger partial charge in [-0.15, -0.1) is 0 Å². The molecule has 1 N–H and O–H groups in total. The number of nitrogens with zero attached hydrogens (tertiary/aromatic N) is 3. The molecule has 1 amide bonds. The number of benzene rings is 3. The zero-order valence-electron chi connectivity index (χ0n) is 17.9. The molecule has 166 valence electrons. The van der Waals surface area contributed by atoms with Crippen molar-refractivity contribution in [3.8, 4) is 5.69 Å². The first-order valence-electron chi connectivity index (χ1n) is 10.1. The van der Waals surface area contributed by atoms with E-state index in [0.29, 0.717) is 33.0 Å².